The number of benzene rings is 2. The number of hydrogen-bond acceptors (Lipinski definition) is 7. The van der Waals surface area contributed by atoms with Crippen molar-refractivity contribution in [3.63, 3.8) is 0 Å². The Hall–Kier alpha value is -4.11. The molecule has 0 bridgehead atoms. The molecule has 1 unspecified atom stereocenters. The van der Waals surface area contributed by atoms with Crippen molar-refractivity contribution in [1.82, 2.24) is 24.7 Å². The van der Waals surface area contributed by atoms with Crippen LogP contribution < -0.4 is 10.1 Å². The number of rotatable bonds is 6. The van der Waals surface area contributed by atoms with Crippen LogP contribution in [0.5, 0.6) is 5.75 Å². The summed E-state index contributed by atoms with van der Waals surface area (Å²) in [7, 11) is 1.88. The molecule has 1 aliphatic heterocycles. The minimum absolute atomic E-state index is 0.0483. The predicted octanol–water partition coefficient (Wildman–Crippen LogP) is 5.66. The topological polar surface area (TPSA) is 87.0 Å². The average molecular weight is 499 g/mol. The van der Waals surface area contributed by atoms with Crippen molar-refractivity contribution < 1.29 is 13.9 Å². The fourth-order valence-electron chi connectivity index (χ4n) is 4.90. The third-order valence-electron chi connectivity index (χ3n) is 6.96. The van der Waals surface area contributed by atoms with E-state index in [1.807, 2.05) is 31.6 Å². The molecule has 1 fully saturated rings. The molecule has 0 aliphatic carbocycles. The van der Waals surface area contributed by atoms with Crippen molar-refractivity contribution in [1.29, 1.82) is 0 Å². The quantitative estimate of drug-likeness (QED) is 0.323. The summed E-state index contributed by atoms with van der Waals surface area (Å²) in [5, 5.41) is 8.64. The van der Waals surface area contributed by atoms with Gasteiger partial charge in [-0.1, -0.05) is 0 Å². The number of ether oxygens (including phenoxy) is 2. The first-order chi connectivity index (χ1) is 18.1. The molecule has 4 heterocycles. The SMILES string of the molecule is CC(Oc1cc(-c2cnn(C)c2)cc2ncnc(Nc3ccc4ncccc4c3F)c12)C1CCOCC1. The van der Waals surface area contributed by atoms with Gasteiger partial charge in [-0.25, -0.2) is 14.4 Å². The highest BCUT2D eigenvalue weighted by atomic mass is 19.1. The predicted molar refractivity (Wildman–Crippen MR) is 140 cm³/mol. The van der Waals surface area contributed by atoms with Gasteiger partial charge in [0.25, 0.3) is 0 Å². The molecule has 0 saturated carbocycles. The standard InChI is InChI=1S/C28H27FN6O2/c1-17(18-7-10-36-11-8-18)37-25-13-19(20-14-33-35(2)15-20)12-24-26(25)28(32-16-31-24)34-23-6-5-22-21(27(23)29)4-3-9-30-22/h3-6,9,12-18H,7-8,10-11H2,1-2H3,(H,31,32,34). The van der Waals surface area contributed by atoms with Crippen molar-refractivity contribution in [3.8, 4) is 16.9 Å². The van der Waals surface area contributed by atoms with E-state index in [1.54, 1.807) is 35.1 Å². The van der Waals surface area contributed by atoms with Crippen LogP contribution in [0.1, 0.15) is 19.8 Å². The van der Waals surface area contributed by atoms with Gasteiger partial charge in [0.1, 0.15) is 17.9 Å². The number of fused-ring (bicyclic) bond motifs is 2. The summed E-state index contributed by atoms with van der Waals surface area (Å²) in [5.74, 6) is 1.10. The summed E-state index contributed by atoms with van der Waals surface area (Å²) < 4.78 is 29.3. The number of hydrogen-bond donors (Lipinski definition) is 1. The lowest BCUT2D eigenvalue weighted by Crippen LogP contribution is -2.29. The van der Waals surface area contributed by atoms with Gasteiger partial charge in [-0.05, 0) is 67.6 Å². The molecule has 37 heavy (non-hydrogen) atoms. The first kappa shape index (κ1) is 23.3. The van der Waals surface area contributed by atoms with Crippen LogP contribution in [-0.2, 0) is 11.8 Å². The molecule has 188 valence electrons. The van der Waals surface area contributed by atoms with Crippen LogP contribution in [0.15, 0.2) is 61.3 Å². The summed E-state index contributed by atoms with van der Waals surface area (Å²) in [6, 6.07) is 10.9. The highest BCUT2D eigenvalue weighted by Crippen LogP contribution is 2.38. The van der Waals surface area contributed by atoms with Gasteiger partial charge in [0.05, 0.1) is 34.4 Å². The maximum Gasteiger partial charge on any atom is 0.156 e. The van der Waals surface area contributed by atoms with Crippen LogP contribution in [0, 0.1) is 11.7 Å². The minimum Gasteiger partial charge on any atom is -0.490 e. The Morgan fingerprint density at radius 3 is 2.76 bits per heavy atom. The smallest absolute Gasteiger partial charge is 0.156 e. The van der Waals surface area contributed by atoms with Gasteiger partial charge < -0.3 is 14.8 Å². The molecule has 9 heteroatoms. The van der Waals surface area contributed by atoms with E-state index in [1.165, 1.54) is 6.33 Å². The zero-order valence-electron chi connectivity index (χ0n) is 20.7. The van der Waals surface area contributed by atoms with E-state index in [-0.39, 0.29) is 11.9 Å². The molecule has 1 aliphatic rings. The molecule has 2 aromatic carbocycles. The van der Waals surface area contributed by atoms with Gasteiger partial charge >= 0.3 is 0 Å². The molecule has 6 rings (SSSR count). The molecule has 5 aromatic rings. The maximum absolute atomic E-state index is 15.4. The van der Waals surface area contributed by atoms with E-state index in [0.29, 0.717) is 45.0 Å². The van der Waals surface area contributed by atoms with E-state index >= 15 is 4.39 Å². The van der Waals surface area contributed by atoms with Gasteiger partial charge in [-0.3, -0.25) is 9.67 Å². The van der Waals surface area contributed by atoms with E-state index in [0.717, 1.165) is 37.2 Å². The van der Waals surface area contributed by atoms with Crippen molar-refractivity contribution in [3.05, 3.63) is 67.1 Å². The van der Waals surface area contributed by atoms with E-state index in [9.17, 15) is 0 Å². The van der Waals surface area contributed by atoms with Crippen LogP contribution in [0.25, 0.3) is 32.9 Å². The molecule has 0 spiro atoms. The van der Waals surface area contributed by atoms with Gasteiger partial charge in [-0.15, -0.1) is 0 Å². The Balaban J connectivity index is 1.45. The van der Waals surface area contributed by atoms with Crippen molar-refractivity contribution in [2.45, 2.75) is 25.9 Å². The lowest BCUT2D eigenvalue weighted by atomic mass is 9.95. The summed E-state index contributed by atoms with van der Waals surface area (Å²) in [6.07, 6.45) is 8.73. The highest BCUT2D eigenvalue weighted by Gasteiger charge is 2.24. The van der Waals surface area contributed by atoms with E-state index in [4.69, 9.17) is 9.47 Å². The Morgan fingerprint density at radius 2 is 1.95 bits per heavy atom. The van der Waals surface area contributed by atoms with Crippen LogP contribution in [0.4, 0.5) is 15.9 Å². The van der Waals surface area contributed by atoms with Gasteiger partial charge in [0.15, 0.2) is 5.82 Å². The number of nitrogens with zero attached hydrogens (tertiary/aromatic N) is 5. The molecule has 1 N–H and O–H groups in total. The number of aromatic nitrogens is 5. The minimum atomic E-state index is -0.387. The third kappa shape index (κ3) is 4.58. The normalized spacial score (nSPS) is 15.2. The second-order valence-electron chi connectivity index (χ2n) is 9.39. The number of anilines is 2. The Kier molecular flexibility index (Phi) is 6.13. The second kappa shape index (κ2) is 9.74. The fourth-order valence-corrected chi connectivity index (χ4v) is 4.90. The summed E-state index contributed by atoms with van der Waals surface area (Å²) in [5.41, 5.74) is 3.47. The van der Waals surface area contributed by atoms with Crippen molar-refractivity contribution in [2.24, 2.45) is 13.0 Å². The Labute approximate surface area is 213 Å². The molecular formula is C28H27FN6O2. The molecule has 0 amide bonds. The highest BCUT2D eigenvalue weighted by molar-refractivity contribution is 5.99. The number of pyridine rings is 1. The summed E-state index contributed by atoms with van der Waals surface area (Å²) in [4.78, 5) is 13.3. The molecular weight excluding hydrogens is 471 g/mol. The van der Waals surface area contributed by atoms with E-state index in [2.05, 4.69) is 32.3 Å². The number of aryl methyl sites for hydroxylation is 1. The second-order valence-corrected chi connectivity index (χ2v) is 9.39. The largest absolute Gasteiger partial charge is 0.490 e. The Morgan fingerprint density at radius 1 is 1.08 bits per heavy atom. The van der Waals surface area contributed by atoms with Crippen LogP contribution >= 0.6 is 0 Å². The van der Waals surface area contributed by atoms with Crippen LogP contribution in [-0.4, -0.2) is 44.1 Å². The number of halogens is 1. The molecule has 1 atom stereocenters. The summed E-state index contributed by atoms with van der Waals surface area (Å²) >= 11 is 0. The van der Waals surface area contributed by atoms with Crippen molar-refractivity contribution >= 4 is 33.3 Å². The Bertz CT molecular complexity index is 1580. The molecule has 0 radical (unpaired) electrons. The molecule has 3 aromatic heterocycles. The lowest BCUT2D eigenvalue weighted by molar-refractivity contribution is 0.0244. The van der Waals surface area contributed by atoms with Crippen LogP contribution in [0.2, 0.25) is 0 Å². The maximum atomic E-state index is 15.4. The van der Waals surface area contributed by atoms with Gasteiger partial charge in [0, 0.05) is 43.6 Å². The first-order valence-electron chi connectivity index (χ1n) is 12.4. The summed E-state index contributed by atoms with van der Waals surface area (Å²) in [6.45, 7) is 3.56. The fraction of sp³-hybridized carbons (Fsp3) is 0.286. The van der Waals surface area contributed by atoms with Gasteiger partial charge in [-0.2, -0.15) is 5.10 Å². The lowest BCUT2D eigenvalue weighted by Gasteiger charge is -2.29. The first-order valence-corrected chi connectivity index (χ1v) is 12.4. The third-order valence-corrected chi connectivity index (χ3v) is 6.96. The zero-order valence-corrected chi connectivity index (χ0v) is 20.7. The average Bonchev–Trinajstić information content (AvgIpc) is 3.37. The van der Waals surface area contributed by atoms with Gasteiger partial charge in [0.2, 0.25) is 0 Å². The zero-order chi connectivity index (χ0) is 25.4. The monoisotopic (exact) mass is 498 g/mol. The molecule has 8 nitrogen and oxygen atoms in total. The van der Waals surface area contributed by atoms with Crippen molar-refractivity contribution in [2.75, 3.05) is 18.5 Å². The molecule has 1 saturated heterocycles. The number of nitrogens with one attached hydrogen (secondary N) is 1. The van der Waals surface area contributed by atoms with E-state index < -0.39 is 0 Å². The van der Waals surface area contributed by atoms with Crippen LogP contribution in [0.3, 0.4) is 0 Å².